The van der Waals surface area contributed by atoms with Crippen LogP contribution in [-0.2, 0) is 0 Å². The highest BCUT2D eigenvalue weighted by Crippen LogP contribution is 2.41. The summed E-state index contributed by atoms with van der Waals surface area (Å²) in [5.41, 5.74) is -1.44. The van der Waals surface area contributed by atoms with E-state index >= 15 is 0 Å². The Balaban J connectivity index is 2.62. The van der Waals surface area contributed by atoms with Gasteiger partial charge in [-0.1, -0.05) is 20.8 Å². The fourth-order valence-electron chi connectivity index (χ4n) is 2.97. The number of halogens is 5. The van der Waals surface area contributed by atoms with Crippen molar-refractivity contribution in [3.05, 3.63) is 34.6 Å². The van der Waals surface area contributed by atoms with Gasteiger partial charge in [-0.3, -0.25) is 4.90 Å². The van der Waals surface area contributed by atoms with Crippen molar-refractivity contribution in [1.29, 1.82) is 0 Å². The first-order valence-electron chi connectivity index (χ1n) is 7.12. The summed E-state index contributed by atoms with van der Waals surface area (Å²) in [4.78, 5) is 1.76. The Hall–Kier alpha value is -1.21. The zero-order valence-corrected chi connectivity index (χ0v) is 12.7. The first kappa shape index (κ1) is 17.1. The van der Waals surface area contributed by atoms with Crippen molar-refractivity contribution < 1.29 is 22.0 Å². The van der Waals surface area contributed by atoms with Gasteiger partial charge in [0.1, 0.15) is 0 Å². The summed E-state index contributed by atoms with van der Waals surface area (Å²) >= 11 is 0. The Bertz CT molecular complexity index is 533. The van der Waals surface area contributed by atoms with E-state index in [0.717, 1.165) is 0 Å². The summed E-state index contributed by atoms with van der Waals surface area (Å²) < 4.78 is 68.7. The summed E-state index contributed by atoms with van der Waals surface area (Å²) in [6.45, 7) is 7.31. The minimum atomic E-state index is -2.12. The highest BCUT2D eigenvalue weighted by molar-refractivity contribution is 5.28. The van der Waals surface area contributed by atoms with Crippen LogP contribution in [0, 0.1) is 34.5 Å². The van der Waals surface area contributed by atoms with E-state index in [0.29, 0.717) is 26.2 Å². The summed E-state index contributed by atoms with van der Waals surface area (Å²) in [5.74, 6) is -9.38. The Morgan fingerprint density at radius 3 is 1.64 bits per heavy atom. The molecule has 0 aliphatic carbocycles. The van der Waals surface area contributed by atoms with Gasteiger partial charge in [0, 0.05) is 37.8 Å². The summed E-state index contributed by atoms with van der Waals surface area (Å²) in [6, 6.07) is -0.904. The molecule has 1 atom stereocenters. The average Bonchev–Trinajstić information content (AvgIpc) is 2.47. The molecule has 0 unspecified atom stereocenters. The number of piperazine rings is 1. The second-order valence-corrected chi connectivity index (χ2v) is 6.54. The second-order valence-electron chi connectivity index (χ2n) is 6.54. The molecule has 124 valence electrons. The third-order valence-electron chi connectivity index (χ3n) is 3.85. The molecule has 1 aromatic carbocycles. The maximum absolute atomic E-state index is 14.2. The van der Waals surface area contributed by atoms with Crippen LogP contribution in [0.3, 0.4) is 0 Å². The van der Waals surface area contributed by atoms with Gasteiger partial charge >= 0.3 is 0 Å². The molecule has 0 bridgehead atoms. The number of hydrogen-bond donors (Lipinski definition) is 1. The van der Waals surface area contributed by atoms with Crippen LogP contribution in [0.2, 0.25) is 0 Å². The zero-order chi connectivity index (χ0) is 16.7. The van der Waals surface area contributed by atoms with Crippen molar-refractivity contribution in [2.75, 3.05) is 26.2 Å². The lowest BCUT2D eigenvalue weighted by Gasteiger charge is -2.42. The lowest BCUT2D eigenvalue weighted by atomic mass is 9.80. The molecule has 2 nitrogen and oxygen atoms in total. The van der Waals surface area contributed by atoms with Crippen LogP contribution in [-0.4, -0.2) is 31.1 Å². The minimum Gasteiger partial charge on any atom is -0.314 e. The third-order valence-corrected chi connectivity index (χ3v) is 3.85. The van der Waals surface area contributed by atoms with E-state index < -0.39 is 46.1 Å². The smallest absolute Gasteiger partial charge is 0.200 e. The van der Waals surface area contributed by atoms with Gasteiger partial charge in [0.05, 0.1) is 0 Å². The van der Waals surface area contributed by atoms with Crippen LogP contribution >= 0.6 is 0 Å². The highest BCUT2D eigenvalue weighted by Gasteiger charge is 2.39. The third kappa shape index (κ3) is 2.96. The molecule has 1 heterocycles. The summed E-state index contributed by atoms with van der Waals surface area (Å²) in [6.07, 6.45) is 0. The number of rotatable bonds is 2. The largest absolute Gasteiger partial charge is 0.314 e. The van der Waals surface area contributed by atoms with Gasteiger partial charge in [0.15, 0.2) is 23.3 Å². The van der Waals surface area contributed by atoms with Crippen LogP contribution < -0.4 is 5.32 Å². The molecule has 1 aromatic rings. The fourth-order valence-corrected chi connectivity index (χ4v) is 2.97. The maximum Gasteiger partial charge on any atom is 0.200 e. The molecule has 1 aliphatic rings. The molecule has 0 aromatic heterocycles. The number of hydrogen-bond acceptors (Lipinski definition) is 2. The first-order valence-corrected chi connectivity index (χ1v) is 7.12. The van der Waals surface area contributed by atoms with Crippen molar-refractivity contribution in [3.63, 3.8) is 0 Å². The Kier molecular flexibility index (Phi) is 4.77. The van der Waals surface area contributed by atoms with Crippen LogP contribution in [0.25, 0.3) is 0 Å². The summed E-state index contributed by atoms with van der Waals surface area (Å²) in [7, 11) is 0. The highest BCUT2D eigenvalue weighted by atomic mass is 19.2. The van der Waals surface area contributed by atoms with Gasteiger partial charge in [-0.05, 0) is 5.41 Å². The maximum atomic E-state index is 14.2. The molecule has 22 heavy (non-hydrogen) atoms. The molecule has 0 saturated carbocycles. The SMILES string of the molecule is CC(C)(C)[C@H](c1c(F)c(F)c(F)c(F)c1F)N1CCNCC1. The van der Waals surface area contributed by atoms with Crippen LogP contribution in [0.4, 0.5) is 22.0 Å². The van der Waals surface area contributed by atoms with Crippen LogP contribution in [0.5, 0.6) is 0 Å². The van der Waals surface area contributed by atoms with Crippen molar-refractivity contribution in [2.24, 2.45) is 5.41 Å². The van der Waals surface area contributed by atoms with Gasteiger partial charge in [-0.25, -0.2) is 22.0 Å². The standard InChI is InChI=1S/C15H19F5N2/c1-15(2,3)14(22-6-4-21-5-7-22)8-9(16)11(18)13(20)12(19)10(8)17/h14,21H,4-7H2,1-3H3/t14-/m0/s1. The summed E-state index contributed by atoms with van der Waals surface area (Å²) in [5, 5.41) is 3.10. The van der Waals surface area contributed by atoms with E-state index in [-0.39, 0.29) is 0 Å². The van der Waals surface area contributed by atoms with E-state index in [9.17, 15) is 22.0 Å². The first-order chi connectivity index (χ1) is 10.2. The minimum absolute atomic E-state index is 0.474. The van der Waals surface area contributed by atoms with Gasteiger partial charge in [0.2, 0.25) is 5.82 Å². The van der Waals surface area contributed by atoms with E-state index in [4.69, 9.17) is 0 Å². The molecule has 1 aliphatic heterocycles. The van der Waals surface area contributed by atoms with E-state index in [1.165, 1.54) is 0 Å². The molecular formula is C15H19F5N2. The van der Waals surface area contributed by atoms with Gasteiger partial charge in [-0.15, -0.1) is 0 Å². The Labute approximate surface area is 126 Å². The monoisotopic (exact) mass is 322 g/mol. The molecule has 7 heteroatoms. The Morgan fingerprint density at radius 2 is 1.23 bits per heavy atom. The van der Waals surface area contributed by atoms with Crippen molar-refractivity contribution >= 4 is 0 Å². The number of benzene rings is 1. The van der Waals surface area contributed by atoms with Gasteiger partial charge in [0.25, 0.3) is 0 Å². The van der Waals surface area contributed by atoms with Gasteiger partial charge in [-0.2, -0.15) is 0 Å². The fraction of sp³-hybridized carbons (Fsp3) is 0.600. The van der Waals surface area contributed by atoms with Crippen LogP contribution in [0.1, 0.15) is 32.4 Å². The predicted octanol–water partition coefficient (Wildman–Crippen LogP) is 3.37. The van der Waals surface area contributed by atoms with E-state index in [1.54, 1.807) is 25.7 Å². The molecule has 0 spiro atoms. The molecular weight excluding hydrogens is 303 g/mol. The molecule has 0 radical (unpaired) electrons. The molecule has 0 amide bonds. The van der Waals surface area contributed by atoms with Gasteiger partial charge < -0.3 is 5.32 Å². The predicted molar refractivity (Wildman–Crippen MR) is 72.9 cm³/mol. The number of nitrogens with one attached hydrogen (secondary N) is 1. The second kappa shape index (κ2) is 6.12. The lowest BCUT2D eigenvalue weighted by Crippen LogP contribution is -2.49. The normalized spacial score (nSPS) is 18.5. The molecule has 1 N–H and O–H groups in total. The molecule has 1 saturated heterocycles. The Morgan fingerprint density at radius 1 is 0.818 bits per heavy atom. The van der Waals surface area contributed by atoms with Crippen molar-refractivity contribution in [3.8, 4) is 0 Å². The zero-order valence-electron chi connectivity index (χ0n) is 12.7. The van der Waals surface area contributed by atoms with Crippen molar-refractivity contribution in [1.82, 2.24) is 10.2 Å². The quantitative estimate of drug-likeness (QED) is 0.510. The molecule has 1 fully saturated rings. The average molecular weight is 322 g/mol. The topological polar surface area (TPSA) is 15.3 Å². The van der Waals surface area contributed by atoms with Crippen molar-refractivity contribution in [2.45, 2.75) is 26.8 Å². The number of nitrogens with zero attached hydrogens (tertiary/aromatic N) is 1. The lowest BCUT2D eigenvalue weighted by molar-refractivity contribution is 0.0786. The van der Waals surface area contributed by atoms with E-state index in [1.807, 2.05) is 0 Å². The molecule has 2 rings (SSSR count). The van der Waals surface area contributed by atoms with E-state index in [2.05, 4.69) is 5.32 Å². The van der Waals surface area contributed by atoms with Crippen LogP contribution in [0.15, 0.2) is 0 Å².